The van der Waals surface area contributed by atoms with E-state index in [0.717, 1.165) is 33.5 Å². The summed E-state index contributed by atoms with van der Waals surface area (Å²) in [7, 11) is 3.04. The van der Waals surface area contributed by atoms with Gasteiger partial charge < -0.3 is 25.0 Å². The van der Waals surface area contributed by atoms with Crippen LogP contribution in [0.25, 0.3) is 5.13 Å². The van der Waals surface area contributed by atoms with E-state index in [1.54, 1.807) is 24.6 Å². The van der Waals surface area contributed by atoms with Crippen LogP contribution >= 0.6 is 23.6 Å². The van der Waals surface area contributed by atoms with E-state index in [1.165, 1.54) is 7.11 Å². The van der Waals surface area contributed by atoms with Gasteiger partial charge in [0.25, 0.3) is 0 Å². The highest BCUT2D eigenvalue weighted by Crippen LogP contribution is 2.45. The van der Waals surface area contributed by atoms with Crippen LogP contribution in [0.5, 0.6) is 5.75 Å². The standard InChI is InChI=1S/C27H28N6O3S2/c1-16-13-19(17(2)32(16)27-29-11-12-38-27)25-24(20-7-5-6-10-28-20)31-26(37)33(25)18-8-9-22(36-4)21(14-18)30-23(34)15-35-3/h5-14,24-25H,15H2,1-4H3,(H,30,34)(H,31,37). The number of ether oxygens (including phenoxy) is 2. The Morgan fingerprint density at radius 3 is 2.68 bits per heavy atom. The molecule has 1 fully saturated rings. The number of nitrogens with one attached hydrogen (secondary N) is 2. The molecule has 5 rings (SSSR count). The highest BCUT2D eigenvalue weighted by Gasteiger charge is 2.42. The molecule has 4 heterocycles. The van der Waals surface area contributed by atoms with E-state index in [-0.39, 0.29) is 24.6 Å². The summed E-state index contributed by atoms with van der Waals surface area (Å²) in [5, 5.41) is 9.82. The maximum absolute atomic E-state index is 12.3. The minimum absolute atomic E-state index is 0.0653. The van der Waals surface area contributed by atoms with Gasteiger partial charge in [0.2, 0.25) is 5.91 Å². The molecule has 0 radical (unpaired) electrons. The third kappa shape index (κ3) is 4.75. The second-order valence-electron chi connectivity index (χ2n) is 8.84. The number of aromatic nitrogens is 3. The molecule has 0 saturated carbocycles. The van der Waals surface area contributed by atoms with E-state index in [1.807, 2.05) is 48.0 Å². The predicted molar refractivity (Wildman–Crippen MR) is 152 cm³/mol. The molecule has 2 atom stereocenters. The normalized spacial score (nSPS) is 16.9. The highest BCUT2D eigenvalue weighted by molar-refractivity contribution is 7.80. The van der Waals surface area contributed by atoms with E-state index in [9.17, 15) is 4.79 Å². The van der Waals surface area contributed by atoms with Crippen LogP contribution in [0, 0.1) is 13.8 Å². The van der Waals surface area contributed by atoms with Crippen molar-refractivity contribution in [2.75, 3.05) is 31.0 Å². The number of hydrogen-bond acceptors (Lipinski definition) is 7. The van der Waals surface area contributed by atoms with Crippen molar-refractivity contribution in [3.63, 3.8) is 0 Å². The molecule has 4 aromatic rings. The first-order valence-corrected chi connectivity index (χ1v) is 13.3. The Bertz CT molecular complexity index is 1460. The third-order valence-corrected chi connectivity index (χ3v) is 7.58. The van der Waals surface area contributed by atoms with Gasteiger partial charge in [-0.15, -0.1) is 11.3 Å². The quantitative estimate of drug-likeness (QED) is 0.306. The number of benzene rings is 1. The summed E-state index contributed by atoms with van der Waals surface area (Å²) >= 11 is 7.50. The number of carbonyl (C=O) groups is 1. The summed E-state index contributed by atoms with van der Waals surface area (Å²) in [5.74, 6) is 0.260. The zero-order chi connectivity index (χ0) is 26.8. The molecule has 0 spiro atoms. The average molecular weight is 549 g/mol. The fourth-order valence-electron chi connectivity index (χ4n) is 4.92. The van der Waals surface area contributed by atoms with Crippen LogP contribution in [0.1, 0.15) is 34.7 Å². The van der Waals surface area contributed by atoms with Crippen LogP contribution in [0.15, 0.2) is 60.2 Å². The maximum atomic E-state index is 12.3. The van der Waals surface area contributed by atoms with E-state index >= 15 is 0 Å². The molecule has 1 aromatic carbocycles. The van der Waals surface area contributed by atoms with Crippen LogP contribution in [-0.2, 0) is 9.53 Å². The van der Waals surface area contributed by atoms with Crippen molar-refractivity contribution in [3.8, 4) is 10.9 Å². The predicted octanol–water partition coefficient (Wildman–Crippen LogP) is 4.72. The number of thiazole rings is 1. The lowest BCUT2D eigenvalue weighted by Crippen LogP contribution is -2.29. The fraction of sp³-hybridized carbons (Fsp3) is 0.259. The van der Waals surface area contributed by atoms with Crippen LogP contribution in [0.2, 0.25) is 0 Å². The molecule has 3 aromatic heterocycles. The molecule has 11 heteroatoms. The number of carbonyl (C=O) groups excluding carboxylic acids is 1. The minimum atomic E-state index is -0.278. The van der Waals surface area contributed by atoms with Gasteiger partial charge in [0.15, 0.2) is 10.2 Å². The Morgan fingerprint density at radius 2 is 2.00 bits per heavy atom. The van der Waals surface area contributed by atoms with Gasteiger partial charge in [-0.25, -0.2) is 4.98 Å². The van der Waals surface area contributed by atoms with E-state index in [0.29, 0.717) is 16.5 Å². The first-order chi connectivity index (χ1) is 18.4. The molecule has 196 valence electrons. The molecule has 0 bridgehead atoms. The maximum Gasteiger partial charge on any atom is 0.250 e. The molecule has 1 aliphatic rings. The lowest BCUT2D eigenvalue weighted by atomic mass is 9.96. The summed E-state index contributed by atoms with van der Waals surface area (Å²) in [4.78, 5) is 23.6. The summed E-state index contributed by atoms with van der Waals surface area (Å²) in [5.41, 5.74) is 5.46. The number of hydrogen-bond donors (Lipinski definition) is 2. The Kier molecular flexibility index (Phi) is 7.41. The SMILES string of the molecule is COCC(=O)Nc1cc(N2C(=S)NC(c3ccccn3)C2c2cc(C)n(-c3nccs3)c2C)ccc1OC. The van der Waals surface area contributed by atoms with Crippen molar-refractivity contribution >= 4 is 45.9 Å². The van der Waals surface area contributed by atoms with Crippen LogP contribution < -0.4 is 20.3 Å². The van der Waals surface area contributed by atoms with Gasteiger partial charge in [0.05, 0.1) is 30.6 Å². The molecule has 1 saturated heterocycles. The monoisotopic (exact) mass is 548 g/mol. The number of anilines is 2. The van der Waals surface area contributed by atoms with E-state index in [2.05, 4.69) is 50.0 Å². The smallest absolute Gasteiger partial charge is 0.250 e. The number of nitrogens with zero attached hydrogens (tertiary/aromatic N) is 4. The molecule has 2 unspecified atom stereocenters. The second kappa shape index (κ2) is 10.9. The highest BCUT2D eigenvalue weighted by atomic mass is 32.1. The van der Waals surface area contributed by atoms with Crippen molar-refractivity contribution in [1.29, 1.82) is 0 Å². The summed E-state index contributed by atoms with van der Waals surface area (Å²) in [6.07, 6.45) is 3.60. The molecule has 1 amide bonds. The molecule has 2 N–H and O–H groups in total. The van der Waals surface area contributed by atoms with Gasteiger partial charge >= 0.3 is 0 Å². The van der Waals surface area contributed by atoms with Crippen molar-refractivity contribution in [2.24, 2.45) is 0 Å². The average Bonchev–Trinajstić information content (AvgIpc) is 3.62. The van der Waals surface area contributed by atoms with Gasteiger partial charge in [0, 0.05) is 42.0 Å². The number of aryl methyl sites for hydroxylation is 1. The topological polar surface area (TPSA) is 93.5 Å². The van der Waals surface area contributed by atoms with Crippen molar-refractivity contribution in [2.45, 2.75) is 25.9 Å². The molecule has 0 aliphatic carbocycles. The van der Waals surface area contributed by atoms with Crippen molar-refractivity contribution in [1.82, 2.24) is 19.9 Å². The first-order valence-electron chi connectivity index (χ1n) is 12.0. The minimum Gasteiger partial charge on any atom is -0.495 e. The van der Waals surface area contributed by atoms with Gasteiger partial charge in [-0.05, 0) is 68.0 Å². The van der Waals surface area contributed by atoms with Crippen LogP contribution in [0.4, 0.5) is 11.4 Å². The largest absolute Gasteiger partial charge is 0.495 e. The second-order valence-corrected chi connectivity index (χ2v) is 10.1. The lowest BCUT2D eigenvalue weighted by Gasteiger charge is -2.29. The van der Waals surface area contributed by atoms with Crippen LogP contribution in [-0.4, -0.2) is 46.4 Å². The number of thiocarbonyl (C=S) groups is 1. The van der Waals surface area contributed by atoms with Crippen molar-refractivity contribution in [3.05, 3.63) is 82.9 Å². The van der Waals surface area contributed by atoms with Gasteiger partial charge in [-0.3, -0.25) is 14.3 Å². The first kappa shape index (κ1) is 25.8. The van der Waals surface area contributed by atoms with Crippen molar-refractivity contribution < 1.29 is 14.3 Å². The number of methoxy groups -OCH3 is 2. The summed E-state index contributed by atoms with van der Waals surface area (Å²) in [6, 6.07) is 13.3. The van der Waals surface area contributed by atoms with Gasteiger partial charge in [-0.2, -0.15) is 0 Å². The zero-order valence-electron chi connectivity index (χ0n) is 21.5. The summed E-state index contributed by atoms with van der Waals surface area (Å²) in [6.45, 7) is 4.11. The van der Waals surface area contributed by atoms with Crippen LogP contribution in [0.3, 0.4) is 0 Å². The fourth-order valence-corrected chi connectivity index (χ4v) is 6.02. The molecule has 9 nitrogen and oxygen atoms in total. The third-order valence-electron chi connectivity index (χ3n) is 6.51. The number of amides is 1. The number of rotatable bonds is 8. The molecular weight excluding hydrogens is 520 g/mol. The Balaban J connectivity index is 1.64. The number of pyridine rings is 1. The Hall–Kier alpha value is -3.80. The molecule has 1 aliphatic heterocycles. The van der Waals surface area contributed by atoms with E-state index < -0.39 is 0 Å². The lowest BCUT2D eigenvalue weighted by molar-refractivity contribution is -0.119. The van der Waals surface area contributed by atoms with E-state index in [4.69, 9.17) is 21.7 Å². The Labute approximate surface area is 230 Å². The molecule has 38 heavy (non-hydrogen) atoms. The van der Waals surface area contributed by atoms with Gasteiger partial charge in [-0.1, -0.05) is 6.07 Å². The summed E-state index contributed by atoms with van der Waals surface area (Å²) < 4.78 is 12.7. The Morgan fingerprint density at radius 1 is 1.16 bits per heavy atom. The molecular formula is C27H28N6O3S2. The zero-order valence-corrected chi connectivity index (χ0v) is 23.1. The van der Waals surface area contributed by atoms with Gasteiger partial charge in [0.1, 0.15) is 12.4 Å².